The lowest BCUT2D eigenvalue weighted by Gasteiger charge is -2.13. The number of hydrogen-bond acceptors (Lipinski definition) is 7. The number of nitrogens with zero attached hydrogens (tertiary/aromatic N) is 1. The van der Waals surface area contributed by atoms with Crippen molar-refractivity contribution in [1.82, 2.24) is 10.2 Å². The van der Waals surface area contributed by atoms with Gasteiger partial charge >= 0.3 is 5.97 Å². The second-order valence-corrected chi connectivity index (χ2v) is 8.06. The Labute approximate surface area is 165 Å². The van der Waals surface area contributed by atoms with Crippen LogP contribution in [0.4, 0.5) is 5.69 Å². The van der Waals surface area contributed by atoms with E-state index in [0.717, 1.165) is 6.26 Å². The summed E-state index contributed by atoms with van der Waals surface area (Å²) in [6, 6.07) is 12.1. The van der Waals surface area contributed by atoms with Gasteiger partial charge in [-0.3, -0.25) is 14.3 Å². The Balaban J connectivity index is 1.77. The summed E-state index contributed by atoms with van der Waals surface area (Å²) in [5, 5.41) is 6.58. The van der Waals surface area contributed by atoms with Gasteiger partial charge in [-0.25, -0.2) is 18.3 Å². The van der Waals surface area contributed by atoms with E-state index in [0.29, 0.717) is 11.1 Å². The minimum absolute atomic E-state index is 0.104. The van der Waals surface area contributed by atoms with E-state index in [-0.39, 0.29) is 16.6 Å². The maximum atomic E-state index is 12.5. The van der Waals surface area contributed by atoms with Crippen molar-refractivity contribution >= 4 is 38.2 Å². The quantitative estimate of drug-likeness (QED) is 0.462. The second kappa shape index (κ2) is 7.84. The Morgan fingerprint density at radius 2 is 1.69 bits per heavy atom. The number of aromatic amines is 1. The van der Waals surface area contributed by atoms with E-state index in [2.05, 4.69) is 14.9 Å². The zero-order valence-electron chi connectivity index (χ0n) is 15.5. The maximum Gasteiger partial charge on any atom is 0.360 e. The first kappa shape index (κ1) is 20.2. The number of fused-ring (bicyclic) bond motifs is 1. The van der Waals surface area contributed by atoms with Crippen molar-refractivity contribution in [3.05, 3.63) is 70.1 Å². The number of carbonyl (C=O) groups is 2. The third-order valence-corrected chi connectivity index (χ3v) is 4.62. The number of nitrogens with one attached hydrogen (secondary N) is 2. The van der Waals surface area contributed by atoms with Crippen molar-refractivity contribution in [2.45, 2.75) is 13.0 Å². The van der Waals surface area contributed by atoms with Crippen LogP contribution in [0, 0.1) is 0 Å². The van der Waals surface area contributed by atoms with E-state index < -0.39 is 33.4 Å². The highest BCUT2D eigenvalue weighted by molar-refractivity contribution is 7.92. The standard InChI is InChI=1S/C19H17N3O6S/c1-11(17(23)12-7-9-13(10-8-12)22-29(2,26)27)28-19(25)16-14-5-3-4-6-15(14)18(24)21-20-16/h3-11,22H,1-2H3,(H,21,24)/t11-/m1/s1. The lowest BCUT2D eigenvalue weighted by molar-refractivity contribution is 0.0314. The summed E-state index contributed by atoms with van der Waals surface area (Å²) in [4.78, 5) is 36.8. The summed E-state index contributed by atoms with van der Waals surface area (Å²) in [6.07, 6.45) is -0.106. The Morgan fingerprint density at radius 3 is 2.31 bits per heavy atom. The molecule has 0 amide bonds. The van der Waals surface area contributed by atoms with E-state index in [1.165, 1.54) is 31.2 Å². The zero-order valence-corrected chi connectivity index (χ0v) is 16.3. The molecule has 0 bridgehead atoms. The molecule has 3 rings (SSSR count). The summed E-state index contributed by atoms with van der Waals surface area (Å²) < 4.78 is 30.0. The summed E-state index contributed by atoms with van der Waals surface area (Å²) in [6.45, 7) is 1.41. The lowest BCUT2D eigenvalue weighted by Crippen LogP contribution is -2.26. The monoisotopic (exact) mass is 415 g/mol. The number of esters is 1. The van der Waals surface area contributed by atoms with Gasteiger partial charge in [0.1, 0.15) is 0 Å². The molecule has 10 heteroatoms. The summed E-state index contributed by atoms with van der Waals surface area (Å²) in [7, 11) is -3.43. The van der Waals surface area contributed by atoms with E-state index in [9.17, 15) is 22.8 Å². The highest BCUT2D eigenvalue weighted by Gasteiger charge is 2.23. The number of hydrogen-bond donors (Lipinski definition) is 2. The number of benzene rings is 2. The minimum atomic E-state index is -3.43. The van der Waals surface area contributed by atoms with Gasteiger partial charge in [-0.05, 0) is 37.3 Å². The number of carbonyl (C=O) groups excluding carboxylic acids is 2. The highest BCUT2D eigenvalue weighted by Crippen LogP contribution is 2.16. The number of rotatable bonds is 6. The fourth-order valence-corrected chi connectivity index (χ4v) is 3.26. The molecule has 9 nitrogen and oxygen atoms in total. The molecule has 0 fully saturated rings. The van der Waals surface area contributed by atoms with Crippen molar-refractivity contribution < 1.29 is 22.7 Å². The number of Topliss-reactive ketones (excluding diaryl/α,β-unsaturated/α-hetero) is 1. The van der Waals surface area contributed by atoms with Gasteiger partial charge in [0.25, 0.3) is 5.56 Å². The number of anilines is 1. The SMILES string of the molecule is C[C@@H](OC(=O)c1n[nH]c(=O)c2ccccc12)C(=O)c1ccc(NS(C)(=O)=O)cc1. The third kappa shape index (κ3) is 4.66. The van der Waals surface area contributed by atoms with Crippen molar-refractivity contribution in [2.75, 3.05) is 11.0 Å². The smallest absolute Gasteiger partial charge is 0.360 e. The predicted molar refractivity (Wildman–Crippen MR) is 106 cm³/mol. The van der Waals surface area contributed by atoms with Crippen molar-refractivity contribution in [2.24, 2.45) is 0 Å². The average molecular weight is 415 g/mol. The van der Waals surface area contributed by atoms with Gasteiger partial charge in [0.05, 0.1) is 11.6 Å². The Morgan fingerprint density at radius 1 is 1.07 bits per heavy atom. The van der Waals surface area contributed by atoms with Crippen LogP contribution in [0.5, 0.6) is 0 Å². The van der Waals surface area contributed by atoms with Crippen LogP contribution in [0.25, 0.3) is 10.8 Å². The number of H-pyrrole nitrogens is 1. The maximum absolute atomic E-state index is 12.5. The van der Waals surface area contributed by atoms with Gasteiger partial charge in [-0.2, -0.15) is 5.10 Å². The van der Waals surface area contributed by atoms with Crippen molar-refractivity contribution in [1.29, 1.82) is 0 Å². The van der Waals surface area contributed by atoms with Crippen LogP contribution in [0.2, 0.25) is 0 Å². The molecule has 1 aromatic heterocycles. The van der Waals surface area contributed by atoms with Crippen LogP contribution < -0.4 is 10.3 Å². The largest absolute Gasteiger partial charge is 0.449 e. The Bertz CT molecular complexity index is 1250. The molecule has 0 radical (unpaired) electrons. The summed E-state index contributed by atoms with van der Waals surface area (Å²) >= 11 is 0. The first-order valence-corrected chi connectivity index (χ1v) is 10.4. The van der Waals surface area contributed by atoms with Crippen molar-refractivity contribution in [3.63, 3.8) is 0 Å². The van der Waals surface area contributed by atoms with Crippen LogP contribution in [-0.2, 0) is 14.8 Å². The second-order valence-electron chi connectivity index (χ2n) is 6.31. The molecule has 0 spiro atoms. The molecule has 0 saturated carbocycles. The molecule has 29 heavy (non-hydrogen) atoms. The lowest BCUT2D eigenvalue weighted by atomic mass is 10.1. The number of ether oxygens (including phenoxy) is 1. The first-order chi connectivity index (χ1) is 13.7. The number of sulfonamides is 1. The van der Waals surface area contributed by atoms with E-state index >= 15 is 0 Å². The topological polar surface area (TPSA) is 135 Å². The van der Waals surface area contributed by atoms with Gasteiger partial charge in [0.15, 0.2) is 11.8 Å². The molecule has 1 heterocycles. The molecule has 150 valence electrons. The summed E-state index contributed by atoms with van der Waals surface area (Å²) in [5.74, 6) is -1.33. The third-order valence-electron chi connectivity index (χ3n) is 4.02. The van der Waals surface area contributed by atoms with Crippen LogP contribution >= 0.6 is 0 Å². The summed E-state index contributed by atoms with van der Waals surface area (Å²) in [5.41, 5.74) is -0.00198. The Hall–Kier alpha value is -3.53. The highest BCUT2D eigenvalue weighted by atomic mass is 32.2. The fourth-order valence-electron chi connectivity index (χ4n) is 2.69. The molecule has 0 aliphatic heterocycles. The van der Waals surface area contributed by atoms with Gasteiger partial charge < -0.3 is 4.74 Å². The molecule has 0 aliphatic rings. The molecule has 0 unspecified atom stereocenters. The molecular weight excluding hydrogens is 398 g/mol. The van der Waals surface area contributed by atoms with E-state index in [4.69, 9.17) is 4.74 Å². The molecular formula is C19H17N3O6S. The van der Waals surface area contributed by atoms with E-state index in [1.54, 1.807) is 24.3 Å². The normalized spacial score (nSPS) is 12.3. The fraction of sp³-hybridized carbons (Fsp3) is 0.158. The average Bonchev–Trinajstić information content (AvgIpc) is 2.67. The van der Waals surface area contributed by atoms with Crippen LogP contribution in [0.15, 0.2) is 53.3 Å². The van der Waals surface area contributed by atoms with Gasteiger partial charge in [0.2, 0.25) is 15.8 Å². The Kier molecular flexibility index (Phi) is 5.46. The molecule has 2 aromatic carbocycles. The molecule has 0 aliphatic carbocycles. The van der Waals surface area contributed by atoms with Gasteiger partial charge in [0, 0.05) is 16.6 Å². The van der Waals surface area contributed by atoms with Crippen LogP contribution in [0.1, 0.15) is 27.8 Å². The van der Waals surface area contributed by atoms with Crippen LogP contribution in [0.3, 0.4) is 0 Å². The van der Waals surface area contributed by atoms with Gasteiger partial charge in [-0.15, -0.1) is 0 Å². The van der Waals surface area contributed by atoms with Gasteiger partial charge in [-0.1, -0.05) is 18.2 Å². The number of ketones is 1. The van der Waals surface area contributed by atoms with Crippen molar-refractivity contribution in [3.8, 4) is 0 Å². The zero-order chi connectivity index (χ0) is 21.2. The minimum Gasteiger partial charge on any atom is -0.449 e. The number of aromatic nitrogens is 2. The molecule has 3 aromatic rings. The molecule has 0 saturated heterocycles. The predicted octanol–water partition coefficient (Wildman–Crippen LogP) is 1.72. The van der Waals surface area contributed by atoms with E-state index in [1.807, 2.05) is 0 Å². The first-order valence-electron chi connectivity index (χ1n) is 8.46. The molecule has 2 N–H and O–H groups in total. The molecule has 1 atom stereocenters. The van der Waals surface area contributed by atoms with Crippen LogP contribution in [-0.4, -0.2) is 42.7 Å².